The Morgan fingerprint density at radius 3 is 2.12 bits per heavy atom. The predicted octanol–water partition coefficient (Wildman–Crippen LogP) is 0.0783. The molecule has 0 aliphatic rings. The van der Waals surface area contributed by atoms with Crippen molar-refractivity contribution in [2.45, 2.75) is 4.90 Å². The van der Waals surface area contributed by atoms with Crippen LogP contribution < -0.4 is 5.14 Å². The summed E-state index contributed by atoms with van der Waals surface area (Å²) in [6.07, 6.45) is 0. The first kappa shape index (κ1) is 12.8. The van der Waals surface area contributed by atoms with Gasteiger partial charge in [-0.05, 0) is 26.2 Å². The van der Waals surface area contributed by atoms with Gasteiger partial charge in [-0.3, -0.25) is 4.79 Å². The summed E-state index contributed by atoms with van der Waals surface area (Å²) < 4.78 is 22.0. The zero-order chi connectivity index (χ0) is 12.3. The van der Waals surface area contributed by atoms with E-state index in [2.05, 4.69) is 0 Å². The van der Waals surface area contributed by atoms with Crippen molar-refractivity contribution in [3.8, 4) is 0 Å². The molecule has 0 aliphatic heterocycles. The number of hydrogen-bond acceptors (Lipinski definition) is 4. The Morgan fingerprint density at radius 1 is 1.25 bits per heavy atom. The molecule has 0 spiro atoms. The zero-order valence-corrected chi connectivity index (χ0v) is 9.99. The van der Waals surface area contributed by atoms with E-state index in [1.165, 1.54) is 24.3 Å². The highest BCUT2D eigenvalue weighted by atomic mass is 32.2. The van der Waals surface area contributed by atoms with Crippen molar-refractivity contribution in [3.05, 3.63) is 29.8 Å². The highest BCUT2D eigenvalue weighted by Gasteiger charge is 2.10. The van der Waals surface area contributed by atoms with Crippen LogP contribution >= 0.6 is 0 Å². The number of ketones is 1. The first-order valence-electron chi connectivity index (χ1n) is 4.61. The first-order valence-corrected chi connectivity index (χ1v) is 6.16. The van der Waals surface area contributed by atoms with Crippen LogP contribution in [0.5, 0.6) is 0 Å². The van der Waals surface area contributed by atoms with E-state index in [0.717, 1.165) is 0 Å². The van der Waals surface area contributed by atoms with Gasteiger partial charge >= 0.3 is 0 Å². The summed E-state index contributed by atoms with van der Waals surface area (Å²) in [4.78, 5) is 13.3. The van der Waals surface area contributed by atoms with E-state index in [9.17, 15) is 13.2 Å². The maximum Gasteiger partial charge on any atom is 0.238 e. The number of carbonyl (C=O) groups is 1. The Hall–Kier alpha value is -1.24. The number of primary sulfonamides is 1. The van der Waals surface area contributed by atoms with Crippen molar-refractivity contribution in [2.24, 2.45) is 5.14 Å². The molecule has 1 aromatic rings. The van der Waals surface area contributed by atoms with Gasteiger partial charge in [0.25, 0.3) is 0 Å². The molecule has 0 aliphatic carbocycles. The summed E-state index contributed by atoms with van der Waals surface area (Å²) in [7, 11) is -0.113. The Kier molecular flexibility index (Phi) is 3.79. The van der Waals surface area contributed by atoms with Crippen LogP contribution in [0.15, 0.2) is 29.2 Å². The second kappa shape index (κ2) is 4.73. The minimum Gasteiger partial charge on any atom is -0.302 e. The maximum absolute atomic E-state index is 11.6. The molecule has 0 bridgehead atoms. The number of benzene rings is 1. The zero-order valence-electron chi connectivity index (χ0n) is 9.17. The molecule has 0 heterocycles. The van der Waals surface area contributed by atoms with Crippen LogP contribution in [0.4, 0.5) is 0 Å². The first-order chi connectivity index (χ1) is 7.30. The minimum absolute atomic E-state index is 0.00824. The lowest BCUT2D eigenvalue weighted by atomic mass is 10.1. The van der Waals surface area contributed by atoms with Crippen molar-refractivity contribution >= 4 is 15.8 Å². The van der Waals surface area contributed by atoms with Gasteiger partial charge in [-0.25, -0.2) is 13.6 Å². The van der Waals surface area contributed by atoms with Crippen molar-refractivity contribution in [3.63, 3.8) is 0 Å². The molecule has 88 valence electrons. The third-order valence-electron chi connectivity index (χ3n) is 1.96. The largest absolute Gasteiger partial charge is 0.302 e. The molecule has 16 heavy (non-hydrogen) atoms. The lowest BCUT2D eigenvalue weighted by molar-refractivity contribution is 0.0957. The molecule has 0 unspecified atom stereocenters. The van der Waals surface area contributed by atoms with Crippen LogP contribution in [0.1, 0.15) is 10.4 Å². The van der Waals surface area contributed by atoms with Gasteiger partial charge in [-0.2, -0.15) is 0 Å². The Balaban J connectivity index is 2.92. The van der Waals surface area contributed by atoms with E-state index in [4.69, 9.17) is 5.14 Å². The van der Waals surface area contributed by atoms with Crippen molar-refractivity contribution < 1.29 is 13.2 Å². The highest BCUT2D eigenvalue weighted by Crippen LogP contribution is 2.09. The monoisotopic (exact) mass is 242 g/mol. The van der Waals surface area contributed by atoms with E-state index in [1.807, 2.05) is 0 Å². The Morgan fingerprint density at radius 2 is 1.75 bits per heavy atom. The molecule has 5 nitrogen and oxygen atoms in total. The molecule has 1 aromatic carbocycles. The third-order valence-corrected chi connectivity index (χ3v) is 2.89. The standard InChI is InChI=1S/C10H14N2O3S/c1-12(2)7-10(13)8-3-5-9(6-4-8)16(11,14)15/h3-6H,7H2,1-2H3,(H2,11,14,15). The lowest BCUT2D eigenvalue weighted by Crippen LogP contribution is -2.21. The van der Waals surface area contributed by atoms with Gasteiger partial charge in [0.15, 0.2) is 5.78 Å². The number of carbonyl (C=O) groups excluding carboxylic acids is 1. The number of Topliss-reactive ketones (excluding diaryl/α,β-unsaturated/α-hetero) is 1. The van der Waals surface area contributed by atoms with E-state index in [1.54, 1.807) is 19.0 Å². The van der Waals surface area contributed by atoms with Crippen molar-refractivity contribution in [1.29, 1.82) is 0 Å². The number of nitrogens with zero attached hydrogens (tertiary/aromatic N) is 1. The summed E-state index contributed by atoms with van der Waals surface area (Å²) in [6.45, 7) is 0.286. The molecule has 6 heteroatoms. The number of rotatable bonds is 4. The molecule has 0 amide bonds. The van der Waals surface area contributed by atoms with Crippen molar-refractivity contribution in [2.75, 3.05) is 20.6 Å². The molecule has 0 atom stereocenters. The number of sulfonamides is 1. The molecule has 0 fully saturated rings. The average molecular weight is 242 g/mol. The Labute approximate surface area is 94.9 Å². The molecule has 0 aromatic heterocycles. The van der Waals surface area contributed by atoms with Gasteiger partial charge in [-0.1, -0.05) is 12.1 Å². The van der Waals surface area contributed by atoms with Gasteiger partial charge in [0, 0.05) is 5.56 Å². The van der Waals surface area contributed by atoms with Crippen LogP contribution in [-0.4, -0.2) is 39.7 Å². The molecular weight excluding hydrogens is 228 g/mol. The number of nitrogens with two attached hydrogens (primary N) is 1. The molecule has 0 saturated heterocycles. The second-order valence-electron chi connectivity index (χ2n) is 3.73. The SMILES string of the molecule is CN(C)CC(=O)c1ccc(S(N)(=O)=O)cc1. The third kappa shape index (κ3) is 3.41. The summed E-state index contributed by atoms with van der Waals surface area (Å²) in [5.41, 5.74) is 0.473. The van der Waals surface area contributed by atoms with Gasteiger partial charge in [-0.15, -0.1) is 0 Å². The van der Waals surface area contributed by atoms with E-state index < -0.39 is 10.0 Å². The summed E-state index contributed by atoms with van der Waals surface area (Å²) in [6, 6.07) is 5.59. The summed E-state index contributed by atoms with van der Waals surface area (Å²) in [5, 5.41) is 4.94. The summed E-state index contributed by atoms with van der Waals surface area (Å²) in [5.74, 6) is -0.0639. The highest BCUT2D eigenvalue weighted by molar-refractivity contribution is 7.89. The average Bonchev–Trinajstić information content (AvgIpc) is 2.15. The van der Waals surface area contributed by atoms with Crippen LogP contribution in [0.25, 0.3) is 0 Å². The summed E-state index contributed by atoms with van der Waals surface area (Å²) >= 11 is 0. The predicted molar refractivity (Wildman–Crippen MR) is 60.7 cm³/mol. The van der Waals surface area contributed by atoms with E-state index >= 15 is 0 Å². The second-order valence-corrected chi connectivity index (χ2v) is 5.29. The minimum atomic E-state index is -3.69. The fourth-order valence-corrected chi connectivity index (χ4v) is 1.72. The van der Waals surface area contributed by atoms with Crippen LogP contribution in [0.2, 0.25) is 0 Å². The smallest absolute Gasteiger partial charge is 0.238 e. The van der Waals surface area contributed by atoms with Crippen LogP contribution in [0, 0.1) is 0 Å². The number of hydrogen-bond donors (Lipinski definition) is 1. The van der Waals surface area contributed by atoms with Gasteiger partial charge < -0.3 is 4.90 Å². The normalized spacial score (nSPS) is 11.8. The maximum atomic E-state index is 11.6. The van der Waals surface area contributed by atoms with Crippen LogP contribution in [0.3, 0.4) is 0 Å². The van der Waals surface area contributed by atoms with E-state index in [-0.39, 0.29) is 17.2 Å². The molecular formula is C10H14N2O3S. The van der Waals surface area contributed by atoms with Gasteiger partial charge in [0.2, 0.25) is 10.0 Å². The van der Waals surface area contributed by atoms with Gasteiger partial charge in [0.1, 0.15) is 0 Å². The Bertz CT molecular complexity index is 477. The molecule has 1 rings (SSSR count). The quantitative estimate of drug-likeness (QED) is 0.758. The topological polar surface area (TPSA) is 80.5 Å². The fraction of sp³-hybridized carbons (Fsp3) is 0.300. The fourth-order valence-electron chi connectivity index (χ4n) is 1.21. The molecule has 0 radical (unpaired) electrons. The van der Waals surface area contributed by atoms with Crippen LogP contribution in [-0.2, 0) is 10.0 Å². The molecule has 0 saturated carbocycles. The van der Waals surface area contributed by atoms with E-state index in [0.29, 0.717) is 5.56 Å². The molecule has 2 N–H and O–H groups in total. The lowest BCUT2D eigenvalue weighted by Gasteiger charge is -2.08. The van der Waals surface area contributed by atoms with Gasteiger partial charge in [0.05, 0.1) is 11.4 Å². The van der Waals surface area contributed by atoms with Crippen molar-refractivity contribution in [1.82, 2.24) is 4.90 Å². The number of likely N-dealkylation sites (N-methyl/N-ethyl adjacent to an activating group) is 1.